The summed E-state index contributed by atoms with van der Waals surface area (Å²) in [5.74, 6) is 2.34. The van der Waals surface area contributed by atoms with E-state index in [4.69, 9.17) is 23.7 Å². The number of likely N-dealkylation sites (tertiary alicyclic amines) is 1. The lowest BCUT2D eigenvalue weighted by Crippen LogP contribution is -2.49. The summed E-state index contributed by atoms with van der Waals surface area (Å²) in [4.78, 5) is 4.95. The van der Waals surface area contributed by atoms with Gasteiger partial charge in [0.15, 0.2) is 11.5 Å². The van der Waals surface area contributed by atoms with Crippen LogP contribution in [0.2, 0.25) is 0 Å². The van der Waals surface area contributed by atoms with Crippen molar-refractivity contribution in [1.29, 1.82) is 0 Å². The van der Waals surface area contributed by atoms with Crippen LogP contribution in [0.3, 0.4) is 0 Å². The van der Waals surface area contributed by atoms with Gasteiger partial charge in [-0.25, -0.2) is 0 Å². The first-order valence-electron chi connectivity index (χ1n) is 12.2. The lowest BCUT2D eigenvalue weighted by Gasteiger charge is -2.42. The number of rotatable bonds is 11. The molecule has 2 heterocycles. The number of benzene rings is 2. The minimum atomic E-state index is 0.0224. The highest BCUT2D eigenvalue weighted by molar-refractivity contribution is 5.62. The molecular formula is C28H38N2O5. The number of ether oxygens (including phenoxy) is 5. The number of fused-ring (bicyclic) bond motifs is 1. The van der Waals surface area contributed by atoms with Crippen LogP contribution < -0.4 is 19.1 Å². The second-order valence-corrected chi connectivity index (χ2v) is 9.33. The average molecular weight is 483 g/mol. The van der Waals surface area contributed by atoms with Gasteiger partial charge in [0.1, 0.15) is 12.4 Å². The fourth-order valence-electron chi connectivity index (χ4n) is 4.95. The summed E-state index contributed by atoms with van der Waals surface area (Å²) in [6, 6.07) is 14.6. The van der Waals surface area contributed by atoms with Crippen molar-refractivity contribution < 1.29 is 23.7 Å². The Bertz CT molecular complexity index is 997. The van der Waals surface area contributed by atoms with Gasteiger partial charge in [0, 0.05) is 26.7 Å². The van der Waals surface area contributed by atoms with Crippen LogP contribution in [0.15, 0.2) is 54.6 Å². The molecule has 0 aromatic heterocycles. The first-order valence-corrected chi connectivity index (χ1v) is 12.2. The van der Waals surface area contributed by atoms with Gasteiger partial charge in [0.25, 0.3) is 0 Å². The molecule has 1 saturated heterocycles. The predicted octanol–water partition coefficient (Wildman–Crippen LogP) is 4.33. The third kappa shape index (κ3) is 5.92. The second-order valence-electron chi connectivity index (χ2n) is 9.33. The fraction of sp³-hybridized carbons (Fsp3) is 0.500. The van der Waals surface area contributed by atoms with E-state index in [1.54, 1.807) is 21.3 Å². The van der Waals surface area contributed by atoms with E-state index in [0.717, 1.165) is 48.6 Å². The van der Waals surface area contributed by atoms with Crippen molar-refractivity contribution in [3.63, 3.8) is 0 Å². The molecule has 7 nitrogen and oxygen atoms in total. The molecule has 4 rings (SSSR count). The summed E-state index contributed by atoms with van der Waals surface area (Å²) in [6.45, 7) is 10.4. The van der Waals surface area contributed by atoms with E-state index in [-0.39, 0.29) is 18.2 Å². The highest BCUT2D eigenvalue weighted by Gasteiger charge is 2.35. The summed E-state index contributed by atoms with van der Waals surface area (Å²) in [5.41, 5.74) is 3.24. The molecule has 0 amide bonds. The van der Waals surface area contributed by atoms with E-state index in [1.807, 2.05) is 25.1 Å². The molecule has 190 valence electrons. The van der Waals surface area contributed by atoms with Crippen LogP contribution in [0.4, 0.5) is 5.69 Å². The summed E-state index contributed by atoms with van der Waals surface area (Å²) in [7, 11) is 5.12. The minimum absolute atomic E-state index is 0.0224. The number of para-hydroxylation sites is 2. The zero-order chi connectivity index (χ0) is 24.8. The summed E-state index contributed by atoms with van der Waals surface area (Å²) >= 11 is 0. The van der Waals surface area contributed by atoms with Gasteiger partial charge in [-0.05, 0) is 43.2 Å². The van der Waals surface area contributed by atoms with E-state index in [1.165, 1.54) is 0 Å². The molecule has 2 aliphatic heterocycles. The van der Waals surface area contributed by atoms with E-state index < -0.39 is 0 Å². The van der Waals surface area contributed by atoms with Crippen molar-refractivity contribution in [3.8, 4) is 17.2 Å². The topological polar surface area (TPSA) is 52.6 Å². The Hall–Kier alpha value is -2.74. The minimum Gasteiger partial charge on any atom is -0.493 e. The van der Waals surface area contributed by atoms with Crippen molar-refractivity contribution in [3.05, 3.63) is 60.2 Å². The van der Waals surface area contributed by atoms with Gasteiger partial charge in [-0.2, -0.15) is 0 Å². The lowest BCUT2D eigenvalue weighted by atomic mass is 10.0. The maximum absolute atomic E-state index is 6.21. The Morgan fingerprint density at radius 1 is 1.11 bits per heavy atom. The van der Waals surface area contributed by atoms with Crippen molar-refractivity contribution in [2.75, 3.05) is 65.7 Å². The first-order chi connectivity index (χ1) is 17.0. The molecule has 3 atom stereocenters. The number of hydrogen-bond acceptors (Lipinski definition) is 7. The number of nitrogens with zero attached hydrogens (tertiary/aromatic N) is 2. The van der Waals surface area contributed by atoms with Gasteiger partial charge in [-0.1, -0.05) is 30.4 Å². The van der Waals surface area contributed by atoms with Crippen LogP contribution in [0, 0.1) is 0 Å². The van der Waals surface area contributed by atoms with E-state index in [0.29, 0.717) is 31.3 Å². The number of methoxy groups -OCH3 is 3. The molecule has 2 aromatic carbocycles. The normalized spacial score (nSPS) is 20.7. The predicted molar refractivity (Wildman–Crippen MR) is 138 cm³/mol. The Kier molecular flexibility index (Phi) is 8.55. The molecule has 2 aliphatic rings. The summed E-state index contributed by atoms with van der Waals surface area (Å²) in [6.07, 6.45) is 1.30. The lowest BCUT2D eigenvalue weighted by molar-refractivity contribution is 0.0642. The molecular weight excluding hydrogens is 444 g/mol. The fourth-order valence-corrected chi connectivity index (χ4v) is 4.95. The van der Waals surface area contributed by atoms with Crippen molar-refractivity contribution in [2.45, 2.75) is 31.5 Å². The third-order valence-corrected chi connectivity index (χ3v) is 6.83. The molecule has 2 aromatic rings. The maximum atomic E-state index is 6.21. The van der Waals surface area contributed by atoms with Crippen LogP contribution >= 0.6 is 0 Å². The Morgan fingerprint density at radius 3 is 2.63 bits per heavy atom. The largest absolute Gasteiger partial charge is 0.493 e. The molecule has 0 radical (unpaired) electrons. The van der Waals surface area contributed by atoms with E-state index >= 15 is 0 Å². The van der Waals surface area contributed by atoms with Crippen LogP contribution in [0.1, 0.15) is 24.9 Å². The van der Waals surface area contributed by atoms with Gasteiger partial charge in [0.2, 0.25) is 0 Å². The average Bonchev–Trinajstić information content (AvgIpc) is 3.37. The standard InChI is InChI=1S/C28H38N2O5/c1-20(2)17-34-18-22(29-13-12-23(16-29)31-3)15-30-24-8-6-7-9-26(24)35-19-25(30)21-10-11-27(32-4)28(14-21)33-5/h6-11,14,22-23,25H,1,12-13,15-19H2,2-5H3. The summed E-state index contributed by atoms with van der Waals surface area (Å²) in [5, 5.41) is 0. The number of anilines is 1. The Balaban J connectivity index is 1.65. The molecule has 0 N–H and O–H groups in total. The van der Waals surface area contributed by atoms with Crippen molar-refractivity contribution in [2.24, 2.45) is 0 Å². The third-order valence-electron chi connectivity index (χ3n) is 6.83. The SMILES string of the molecule is C=C(C)COCC(CN1c2ccccc2OCC1c1ccc(OC)c(OC)c1)N1CCC(OC)C1. The van der Waals surface area contributed by atoms with Crippen molar-refractivity contribution >= 4 is 5.69 Å². The quantitative estimate of drug-likeness (QED) is 0.442. The second kappa shape index (κ2) is 11.8. The molecule has 3 unspecified atom stereocenters. The van der Waals surface area contributed by atoms with Gasteiger partial charge in [0.05, 0.1) is 51.3 Å². The van der Waals surface area contributed by atoms with Crippen LogP contribution in [-0.4, -0.2) is 77.8 Å². The van der Waals surface area contributed by atoms with Gasteiger partial charge in [-0.3, -0.25) is 4.90 Å². The Labute approximate surface area is 209 Å². The molecule has 35 heavy (non-hydrogen) atoms. The Morgan fingerprint density at radius 2 is 1.91 bits per heavy atom. The highest BCUT2D eigenvalue weighted by Crippen LogP contribution is 2.41. The van der Waals surface area contributed by atoms with E-state index in [2.05, 4.69) is 40.6 Å². The molecule has 0 saturated carbocycles. The van der Waals surface area contributed by atoms with Gasteiger partial charge in [-0.15, -0.1) is 0 Å². The van der Waals surface area contributed by atoms with E-state index in [9.17, 15) is 0 Å². The molecule has 7 heteroatoms. The number of hydrogen-bond donors (Lipinski definition) is 0. The molecule has 0 aliphatic carbocycles. The smallest absolute Gasteiger partial charge is 0.161 e. The zero-order valence-corrected chi connectivity index (χ0v) is 21.4. The molecule has 1 fully saturated rings. The van der Waals surface area contributed by atoms with Crippen LogP contribution in [-0.2, 0) is 9.47 Å². The maximum Gasteiger partial charge on any atom is 0.161 e. The summed E-state index contributed by atoms with van der Waals surface area (Å²) < 4.78 is 29.0. The van der Waals surface area contributed by atoms with Gasteiger partial charge < -0.3 is 28.6 Å². The van der Waals surface area contributed by atoms with Crippen LogP contribution in [0.5, 0.6) is 17.2 Å². The van der Waals surface area contributed by atoms with Crippen molar-refractivity contribution in [1.82, 2.24) is 4.90 Å². The first kappa shape index (κ1) is 25.4. The zero-order valence-electron chi connectivity index (χ0n) is 21.4. The highest BCUT2D eigenvalue weighted by atomic mass is 16.5. The monoisotopic (exact) mass is 482 g/mol. The van der Waals surface area contributed by atoms with Gasteiger partial charge >= 0.3 is 0 Å². The molecule has 0 bridgehead atoms. The molecule has 0 spiro atoms. The van der Waals surface area contributed by atoms with Crippen LogP contribution in [0.25, 0.3) is 0 Å².